The first kappa shape index (κ1) is 32.0. The van der Waals surface area contributed by atoms with Gasteiger partial charge in [-0.1, -0.05) is 133 Å². The molecule has 0 amide bonds. The largest absolute Gasteiger partial charge is 0.455 e. The second kappa shape index (κ2) is 12.9. The Morgan fingerprint density at radius 3 is 1.91 bits per heavy atom. The first-order valence-electron chi connectivity index (χ1n) is 18.9. The standard InChI is InChI=1S/C52H33FN2O/c53-45-17-10-21-49-51(45)44-14-3-5-18-46(44)55(49)48-20-7-6-19-47(48)54(39-29-25-35(26-30-39)38-24-23-34-11-1-2-12-37(34)33-38)40-31-27-36(28-32-40)41-15-9-16-43-42-13-4-8-22-50(42)56-52(41)43/h1-33H. The van der Waals surface area contributed by atoms with Gasteiger partial charge in [0, 0.05) is 38.5 Å². The number of hydrogen-bond acceptors (Lipinski definition) is 2. The fourth-order valence-corrected chi connectivity index (χ4v) is 8.44. The highest BCUT2D eigenvalue weighted by Gasteiger charge is 2.22. The molecule has 2 aromatic heterocycles. The maximum absolute atomic E-state index is 15.6. The van der Waals surface area contributed by atoms with Crippen molar-refractivity contribution < 1.29 is 8.81 Å². The van der Waals surface area contributed by atoms with E-state index in [9.17, 15) is 0 Å². The molecule has 9 aromatic carbocycles. The number of aromatic nitrogens is 1. The lowest BCUT2D eigenvalue weighted by Crippen LogP contribution is -2.13. The van der Waals surface area contributed by atoms with Crippen LogP contribution in [0.15, 0.2) is 205 Å². The van der Waals surface area contributed by atoms with Gasteiger partial charge in [-0.3, -0.25) is 0 Å². The summed E-state index contributed by atoms with van der Waals surface area (Å²) in [6, 6.07) is 68.9. The highest BCUT2D eigenvalue weighted by Crippen LogP contribution is 2.43. The van der Waals surface area contributed by atoms with Crippen molar-refractivity contribution in [3.8, 4) is 27.9 Å². The smallest absolute Gasteiger partial charge is 0.143 e. The molecule has 56 heavy (non-hydrogen) atoms. The van der Waals surface area contributed by atoms with Crippen LogP contribution in [0.1, 0.15) is 0 Å². The van der Waals surface area contributed by atoms with Crippen molar-refractivity contribution >= 4 is 71.6 Å². The van der Waals surface area contributed by atoms with E-state index in [1.54, 1.807) is 12.1 Å². The van der Waals surface area contributed by atoms with Crippen LogP contribution in [0.5, 0.6) is 0 Å². The molecule has 0 unspecified atom stereocenters. The molecule has 3 nitrogen and oxygen atoms in total. The average molecular weight is 721 g/mol. The number of nitrogens with zero attached hydrogens (tertiary/aromatic N) is 2. The molecule has 0 atom stereocenters. The van der Waals surface area contributed by atoms with Gasteiger partial charge in [0.1, 0.15) is 17.0 Å². The molecule has 0 spiro atoms. The number of benzene rings is 9. The lowest BCUT2D eigenvalue weighted by molar-refractivity contribution is 0.640. The van der Waals surface area contributed by atoms with Gasteiger partial charge in [-0.15, -0.1) is 0 Å². The Balaban J connectivity index is 1.09. The monoisotopic (exact) mass is 720 g/mol. The summed E-state index contributed by atoms with van der Waals surface area (Å²) in [5.41, 5.74) is 11.8. The summed E-state index contributed by atoms with van der Waals surface area (Å²) in [6.45, 7) is 0. The van der Waals surface area contributed by atoms with Crippen molar-refractivity contribution in [2.45, 2.75) is 0 Å². The molecule has 0 aliphatic carbocycles. The molecule has 2 heterocycles. The first-order valence-corrected chi connectivity index (χ1v) is 18.9. The predicted octanol–water partition coefficient (Wildman–Crippen LogP) is 14.8. The highest BCUT2D eigenvalue weighted by molar-refractivity contribution is 6.11. The van der Waals surface area contributed by atoms with E-state index in [4.69, 9.17) is 4.42 Å². The molecular formula is C52H33FN2O. The molecule has 0 aliphatic heterocycles. The molecule has 0 saturated heterocycles. The summed E-state index contributed by atoms with van der Waals surface area (Å²) in [4.78, 5) is 2.30. The van der Waals surface area contributed by atoms with E-state index < -0.39 is 0 Å². The van der Waals surface area contributed by atoms with Crippen LogP contribution >= 0.6 is 0 Å². The normalized spacial score (nSPS) is 11.7. The third-order valence-corrected chi connectivity index (χ3v) is 11.1. The molecule has 0 N–H and O–H groups in total. The molecule has 0 radical (unpaired) electrons. The Labute approximate surface area is 322 Å². The van der Waals surface area contributed by atoms with E-state index in [0.717, 1.165) is 77.8 Å². The maximum atomic E-state index is 15.6. The minimum absolute atomic E-state index is 0.230. The van der Waals surface area contributed by atoms with Gasteiger partial charge in [0.25, 0.3) is 0 Å². The van der Waals surface area contributed by atoms with Gasteiger partial charge >= 0.3 is 0 Å². The SMILES string of the molecule is Fc1cccc2c1c1ccccc1n2-c1ccccc1N(c1ccc(-c2ccc3ccccc3c2)cc1)c1ccc(-c2cccc3c2oc2ccccc23)cc1. The number of fused-ring (bicyclic) bond motifs is 7. The van der Waals surface area contributed by atoms with Crippen molar-refractivity contribution in [1.29, 1.82) is 0 Å². The molecule has 0 fully saturated rings. The number of hydrogen-bond donors (Lipinski definition) is 0. The third kappa shape index (κ3) is 5.11. The lowest BCUT2D eigenvalue weighted by atomic mass is 10.0. The van der Waals surface area contributed by atoms with Gasteiger partial charge in [-0.2, -0.15) is 0 Å². The number of para-hydroxylation sites is 5. The molecular weight excluding hydrogens is 688 g/mol. The first-order chi connectivity index (χ1) is 27.7. The Hall–Kier alpha value is -7.43. The molecule has 11 rings (SSSR count). The van der Waals surface area contributed by atoms with Crippen LogP contribution in [0.2, 0.25) is 0 Å². The summed E-state index contributed by atoms with van der Waals surface area (Å²) in [5, 5.41) is 6.15. The molecule has 0 bridgehead atoms. The number of anilines is 3. The zero-order chi connectivity index (χ0) is 37.2. The van der Waals surface area contributed by atoms with Crippen LogP contribution in [0.3, 0.4) is 0 Å². The Bertz CT molecular complexity index is 3270. The molecule has 0 aliphatic rings. The second-order valence-corrected chi connectivity index (χ2v) is 14.2. The Morgan fingerprint density at radius 2 is 1.07 bits per heavy atom. The number of rotatable bonds is 6. The van der Waals surface area contributed by atoms with Gasteiger partial charge in [0.15, 0.2) is 0 Å². The van der Waals surface area contributed by atoms with Gasteiger partial charge in [-0.25, -0.2) is 4.39 Å². The third-order valence-electron chi connectivity index (χ3n) is 11.1. The van der Waals surface area contributed by atoms with E-state index in [0.29, 0.717) is 5.39 Å². The molecule has 11 aromatic rings. The van der Waals surface area contributed by atoms with Crippen LogP contribution < -0.4 is 4.90 Å². The van der Waals surface area contributed by atoms with Crippen LogP contribution in [-0.4, -0.2) is 4.57 Å². The van der Waals surface area contributed by atoms with Gasteiger partial charge in [0.2, 0.25) is 0 Å². The van der Waals surface area contributed by atoms with E-state index >= 15 is 4.39 Å². The molecule has 4 heteroatoms. The average Bonchev–Trinajstić information content (AvgIpc) is 3.81. The minimum Gasteiger partial charge on any atom is -0.455 e. The zero-order valence-corrected chi connectivity index (χ0v) is 30.2. The number of halogens is 1. The second-order valence-electron chi connectivity index (χ2n) is 14.2. The lowest BCUT2D eigenvalue weighted by Gasteiger charge is -2.28. The Kier molecular flexibility index (Phi) is 7.36. The van der Waals surface area contributed by atoms with E-state index in [1.807, 2.05) is 36.4 Å². The molecule has 0 saturated carbocycles. The van der Waals surface area contributed by atoms with Crippen molar-refractivity contribution in [2.75, 3.05) is 4.90 Å². The zero-order valence-electron chi connectivity index (χ0n) is 30.2. The topological polar surface area (TPSA) is 21.3 Å². The molecule has 264 valence electrons. The minimum atomic E-state index is -0.230. The van der Waals surface area contributed by atoms with Crippen molar-refractivity contribution in [3.05, 3.63) is 206 Å². The van der Waals surface area contributed by atoms with Gasteiger partial charge < -0.3 is 13.9 Å². The summed E-state index contributed by atoms with van der Waals surface area (Å²) >= 11 is 0. The van der Waals surface area contributed by atoms with Crippen LogP contribution in [-0.2, 0) is 0 Å². The summed E-state index contributed by atoms with van der Waals surface area (Å²) < 4.78 is 24.2. The predicted molar refractivity (Wildman–Crippen MR) is 231 cm³/mol. The highest BCUT2D eigenvalue weighted by atomic mass is 19.1. The summed E-state index contributed by atoms with van der Waals surface area (Å²) in [5.74, 6) is -0.230. The van der Waals surface area contributed by atoms with Crippen molar-refractivity contribution in [2.24, 2.45) is 0 Å². The fraction of sp³-hybridized carbons (Fsp3) is 0. The van der Waals surface area contributed by atoms with E-state index in [-0.39, 0.29) is 5.82 Å². The fourth-order valence-electron chi connectivity index (χ4n) is 8.44. The van der Waals surface area contributed by atoms with Crippen LogP contribution in [0.25, 0.3) is 82.5 Å². The van der Waals surface area contributed by atoms with Crippen molar-refractivity contribution in [1.82, 2.24) is 4.57 Å². The quantitative estimate of drug-likeness (QED) is 0.171. The van der Waals surface area contributed by atoms with Gasteiger partial charge in [0.05, 0.1) is 22.4 Å². The van der Waals surface area contributed by atoms with Crippen LogP contribution in [0, 0.1) is 5.82 Å². The van der Waals surface area contributed by atoms with Gasteiger partial charge in [-0.05, 0) is 94.2 Å². The van der Waals surface area contributed by atoms with Crippen molar-refractivity contribution in [3.63, 3.8) is 0 Å². The number of furan rings is 1. The summed E-state index contributed by atoms with van der Waals surface area (Å²) in [6.07, 6.45) is 0. The van der Waals surface area contributed by atoms with Crippen LogP contribution in [0.4, 0.5) is 21.5 Å². The van der Waals surface area contributed by atoms with E-state index in [2.05, 4.69) is 161 Å². The maximum Gasteiger partial charge on any atom is 0.143 e. The Morgan fingerprint density at radius 1 is 0.446 bits per heavy atom. The summed E-state index contributed by atoms with van der Waals surface area (Å²) in [7, 11) is 0. The van der Waals surface area contributed by atoms with E-state index in [1.165, 1.54) is 16.3 Å².